The summed E-state index contributed by atoms with van der Waals surface area (Å²) in [4.78, 5) is 103. The molecule has 320 valence electrons. The maximum Gasteiger partial charge on any atom is 0.549 e. The number of hydrogen-bond donors (Lipinski definition) is 0. The molecule has 0 unspecified atom stereocenters. The lowest BCUT2D eigenvalue weighted by atomic mass is 9.88. The first-order valence-corrected chi connectivity index (χ1v) is 23.2. The van der Waals surface area contributed by atoms with Crippen molar-refractivity contribution in [2.45, 2.75) is 54.9 Å². The second kappa shape index (κ2) is 24.6. The molecule has 0 fully saturated rings. The van der Waals surface area contributed by atoms with Crippen molar-refractivity contribution >= 4 is 80.5 Å². The highest BCUT2D eigenvalue weighted by molar-refractivity contribution is 6.61. The molecule has 0 aliphatic heterocycles. The maximum absolute atomic E-state index is 12.5. The SMILES string of the molecule is CC=C(C)[SiH2]c1ccc(C(=O)OOC(=O)OCC(CC)(COC(=O)OOC(=O)c2ccc([SiH2]C(C)=CC)cc2)COC(=O)OOC(=O)c2ccc([SiH2]C(C)=CC)cc2)cc1. The largest absolute Gasteiger partial charge is 0.549 e. The van der Waals surface area contributed by atoms with E-state index in [0.29, 0.717) is 0 Å². The van der Waals surface area contributed by atoms with Gasteiger partial charge in [-0.05, 0) is 84.4 Å². The Morgan fingerprint density at radius 3 is 0.917 bits per heavy atom. The van der Waals surface area contributed by atoms with Gasteiger partial charge in [0.05, 0.1) is 50.7 Å². The second-order valence-corrected chi connectivity index (χ2v) is 20.7. The molecule has 18 heteroatoms. The minimum atomic E-state index is -1.52. The Labute approximate surface area is 355 Å². The van der Waals surface area contributed by atoms with Crippen LogP contribution < -0.4 is 15.6 Å². The molecule has 0 aliphatic rings. The van der Waals surface area contributed by atoms with E-state index >= 15 is 0 Å². The number of benzene rings is 3. The molecule has 0 spiro atoms. The van der Waals surface area contributed by atoms with Gasteiger partial charge in [0.2, 0.25) is 0 Å². The van der Waals surface area contributed by atoms with Gasteiger partial charge < -0.3 is 14.2 Å². The minimum Gasteiger partial charge on any atom is -0.431 e. The summed E-state index contributed by atoms with van der Waals surface area (Å²) in [6.07, 6.45) is 1.76. The molecule has 0 aromatic heterocycles. The third kappa shape index (κ3) is 16.5. The summed E-state index contributed by atoms with van der Waals surface area (Å²) in [7, 11) is -1.98. The Hall–Kier alpha value is -6.25. The van der Waals surface area contributed by atoms with Gasteiger partial charge in [0.1, 0.15) is 19.8 Å². The zero-order chi connectivity index (χ0) is 44.1. The van der Waals surface area contributed by atoms with Crippen molar-refractivity contribution in [3.05, 3.63) is 123 Å². The smallest absolute Gasteiger partial charge is 0.431 e. The molecule has 3 rings (SSSR count). The van der Waals surface area contributed by atoms with Gasteiger partial charge in [0, 0.05) is 0 Å². The van der Waals surface area contributed by atoms with Crippen LogP contribution >= 0.6 is 0 Å². The van der Waals surface area contributed by atoms with Gasteiger partial charge in [0.15, 0.2) is 0 Å². The van der Waals surface area contributed by atoms with Crippen molar-refractivity contribution in [2.75, 3.05) is 19.8 Å². The van der Waals surface area contributed by atoms with E-state index in [0.717, 1.165) is 15.6 Å². The van der Waals surface area contributed by atoms with Gasteiger partial charge in [-0.1, -0.05) is 92.7 Å². The normalized spacial score (nSPS) is 13.2. The molecular weight excluding hydrogens is 829 g/mol. The van der Waals surface area contributed by atoms with Crippen molar-refractivity contribution in [1.82, 2.24) is 0 Å². The predicted molar refractivity (Wildman–Crippen MR) is 228 cm³/mol. The van der Waals surface area contributed by atoms with Crippen LogP contribution in [-0.2, 0) is 43.5 Å². The second-order valence-electron chi connectivity index (χ2n) is 13.9. The van der Waals surface area contributed by atoms with Crippen LogP contribution in [-0.4, -0.2) is 84.8 Å². The van der Waals surface area contributed by atoms with E-state index in [1.54, 1.807) is 79.7 Å². The van der Waals surface area contributed by atoms with Crippen molar-refractivity contribution in [1.29, 1.82) is 0 Å². The first-order chi connectivity index (χ1) is 28.7. The van der Waals surface area contributed by atoms with E-state index in [1.807, 2.05) is 59.8 Å². The number of allylic oxidation sites excluding steroid dienone is 6. The van der Waals surface area contributed by atoms with E-state index in [4.69, 9.17) is 14.2 Å². The molecule has 0 bridgehead atoms. The first-order valence-electron chi connectivity index (χ1n) is 19.0. The third-order valence-electron chi connectivity index (χ3n) is 9.29. The molecule has 0 N–H and O–H groups in total. The molecular formula is C42H50O15Si3. The zero-order valence-corrected chi connectivity index (χ0v) is 39.0. The average Bonchev–Trinajstić information content (AvgIpc) is 3.26. The molecule has 0 heterocycles. The molecule has 0 saturated heterocycles. The zero-order valence-electron chi connectivity index (χ0n) is 34.7. The molecule has 3 aromatic rings. The van der Waals surface area contributed by atoms with Crippen LogP contribution in [0, 0.1) is 5.41 Å². The van der Waals surface area contributed by atoms with Crippen molar-refractivity contribution in [3.8, 4) is 0 Å². The Morgan fingerprint density at radius 1 is 0.450 bits per heavy atom. The topological polar surface area (TPSA) is 185 Å². The summed E-state index contributed by atoms with van der Waals surface area (Å²) in [5.74, 6) is -2.89. The predicted octanol–water partition coefficient (Wildman–Crippen LogP) is 4.31. The minimum absolute atomic E-state index is 0.00721. The molecule has 3 aromatic carbocycles. The van der Waals surface area contributed by atoms with Crippen molar-refractivity contribution in [2.24, 2.45) is 5.41 Å². The fourth-order valence-corrected chi connectivity index (χ4v) is 9.01. The molecule has 0 saturated carbocycles. The van der Waals surface area contributed by atoms with Crippen molar-refractivity contribution < 1.29 is 72.3 Å². The Balaban J connectivity index is 1.61. The first kappa shape index (κ1) is 48.1. The van der Waals surface area contributed by atoms with E-state index in [9.17, 15) is 28.8 Å². The van der Waals surface area contributed by atoms with Crippen LogP contribution in [0.5, 0.6) is 0 Å². The number of carbonyl (C=O) groups excluding carboxylic acids is 6. The summed E-state index contributed by atoms with van der Waals surface area (Å²) in [5.41, 5.74) is -1.15. The summed E-state index contributed by atoms with van der Waals surface area (Å²) in [6, 6.07) is 20.0. The molecule has 0 amide bonds. The molecule has 0 atom stereocenters. The number of ether oxygens (including phenoxy) is 3. The Kier molecular flexibility index (Phi) is 19.7. The summed E-state index contributed by atoms with van der Waals surface area (Å²) in [5, 5.41) is 7.11. The standard InChI is InChI=1S/C42H50O15Si3/c1-8-27(5)58-33-18-12-30(13-19-33)36(43)52-55-39(46)49-24-42(11-4,25-50-40(47)56-53-37(44)31-14-20-34(21-15-31)59-28(6)9-2)26-51-41(48)57-54-38(45)32-16-22-35(23-17-32)60-29(7)10-3/h8-10,12-23H,11,24-26,58-60H2,1-7H3. The van der Waals surface area contributed by atoms with Crippen LogP contribution in [0.2, 0.25) is 0 Å². The highest BCUT2D eigenvalue weighted by Gasteiger charge is 2.36. The van der Waals surface area contributed by atoms with E-state index in [-0.39, 0.29) is 23.1 Å². The quantitative estimate of drug-likeness (QED) is 0.0651. The molecule has 60 heavy (non-hydrogen) atoms. The van der Waals surface area contributed by atoms with Gasteiger partial charge in [0.25, 0.3) is 0 Å². The third-order valence-corrected chi connectivity index (χ3v) is 14.8. The van der Waals surface area contributed by atoms with Gasteiger partial charge in [-0.2, -0.15) is 14.4 Å². The van der Waals surface area contributed by atoms with E-state index in [2.05, 4.69) is 29.3 Å². The lowest BCUT2D eigenvalue weighted by Crippen LogP contribution is -2.39. The lowest BCUT2D eigenvalue weighted by Gasteiger charge is -2.29. The molecule has 0 radical (unpaired) electrons. The number of rotatable bonds is 16. The number of carbonyl (C=O) groups is 6. The fraction of sp³-hybridized carbons (Fsp3) is 0.286. The summed E-state index contributed by atoms with van der Waals surface area (Å²) < 4.78 is 15.4. The van der Waals surface area contributed by atoms with Crippen LogP contribution in [0.4, 0.5) is 14.4 Å². The van der Waals surface area contributed by atoms with Crippen molar-refractivity contribution in [3.63, 3.8) is 0 Å². The van der Waals surface area contributed by atoms with E-state index < -0.39 is 90.2 Å². The Bertz CT molecular complexity index is 1810. The molecule has 15 nitrogen and oxygen atoms in total. The monoisotopic (exact) mass is 878 g/mol. The fourth-order valence-electron chi connectivity index (χ4n) is 5.05. The van der Waals surface area contributed by atoms with Crippen LogP contribution in [0.25, 0.3) is 0 Å². The highest BCUT2D eigenvalue weighted by Crippen LogP contribution is 2.25. The van der Waals surface area contributed by atoms with Gasteiger partial charge in [-0.3, -0.25) is 0 Å². The summed E-state index contributed by atoms with van der Waals surface area (Å²) in [6.45, 7) is 11.6. The summed E-state index contributed by atoms with van der Waals surface area (Å²) >= 11 is 0. The lowest BCUT2D eigenvalue weighted by molar-refractivity contribution is -0.217. The van der Waals surface area contributed by atoms with Gasteiger partial charge in [-0.25, -0.2) is 43.7 Å². The van der Waals surface area contributed by atoms with Crippen LogP contribution in [0.15, 0.2) is 107 Å². The highest BCUT2D eigenvalue weighted by atomic mass is 28.2. The Morgan fingerprint density at radius 2 is 0.700 bits per heavy atom. The number of hydrogen-bond acceptors (Lipinski definition) is 15. The maximum atomic E-state index is 12.5. The average molecular weight is 879 g/mol. The van der Waals surface area contributed by atoms with Crippen LogP contribution in [0.1, 0.15) is 86.0 Å². The van der Waals surface area contributed by atoms with Gasteiger partial charge in [-0.15, -0.1) is 0 Å². The van der Waals surface area contributed by atoms with Crippen LogP contribution in [0.3, 0.4) is 0 Å². The van der Waals surface area contributed by atoms with E-state index in [1.165, 1.54) is 15.6 Å². The molecule has 0 aliphatic carbocycles. The van der Waals surface area contributed by atoms with Gasteiger partial charge >= 0.3 is 36.4 Å².